The molecule has 0 saturated carbocycles. The van der Waals surface area contributed by atoms with Crippen molar-refractivity contribution in [2.75, 3.05) is 39.9 Å². The number of methoxy groups -OCH3 is 1. The number of nitrogens with one attached hydrogen (secondary N) is 2. The smallest absolute Gasteiger partial charge is 0.279 e. The second-order valence-electron chi connectivity index (χ2n) is 5.30. The Morgan fingerprint density at radius 1 is 1.32 bits per heavy atom. The highest BCUT2D eigenvalue weighted by molar-refractivity contribution is 7.87. The highest BCUT2D eigenvalue weighted by Gasteiger charge is 2.38. The van der Waals surface area contributed by atoms with E-state index in [2.05, 4.69) is 10.0 Å². The van der Waals surface area contributed by atoms with E-state index in [0.717, 1.165) is 38.8 Å². The first-order valence-corrected chi connectivity index (χ1v) is 8.55. The summed E-state index contributed by atoms with van der Waals surface area (Å²) >= 11 is 0. The number of hydrogen-bond acceptors (Lipinski definition) is 4. The lowest BCUT2D eigenvalue weighted by Gasteiger charge is -2.33. The van der Waals surface area contributed by atoms with Gasteiger partial charge in [-0.3, -0.25) is 0 Å². The van der Waals surface area contributed by atoms with Crippen molar-refractivity contribution in [2.24, 2.45) is 5.92 Å². The van der Waals surface area contributed by atoms with Crippen LogP contribution < -0.4 is 10.0 Å². The molecular formula is C12H25N3O3S. The van der Waals surface area contributed by atoms with E-state index >= 15 is 0 Å². The third kappa shape index (κ3) is 3.88. The van der Waals surface area contributed by atoms with Gasteiger partial charge in [-0.2, -0.15) is 17.4 Å². The lowest BCUT2D eigenvalue weighted by atomic mass is 9.89. The zero-order valence-corrected chi connectivity index (χ0v) is 12.4. The zero-order chi connectivity index (χ0) is 13.7. The molecule has 2 fully saturated rings. The van der Waals surface area contributed by atoms with Crippen molar-refractivity contribution in [1.82, 2.24) is 14.3 Å². The molecule has 6 nitrogen and oxygen atoms in total. The molecule has 2 rings (SSSR count). The van der Waals surface area contributed by atoms with Gasteiger partial charge in [0.05, 0.1) is 6.61 Å². The summed E-state index contributed by atoms with van der Waals surface area (Å²) in [5.41, 5.74) is 0. The molecule has 1 atom stereocenters. The molecule has 112 valence electrons. The maximum atomic E-state index is 12.3. The first kappa shape index (κ1) is 15.2. The van der Waals surface area contributed by atoms with E-state index in [4.69, 9.17) is 4.74 Å². The summed E-state index contributed by atoms with van der Waals surface area (Å²) in [6.07, 6.45) is 4.12. The standard InChI is InChI=1S/C12H25N3O3S/c1-18-10-8-14-19(16,17)15-9-2-3-12(15)11-4-6-13-7-5-11/h11-14H,2-10H2,1H3. The number of hydrogen-bond donors (Lipinski definition) is 2. The van der Waals surface area contributed by atoms with Crippen LogP contribution in [0.3, 0.4) is 0 Å². The number of rotatable bonds is 6. The van der Waals surface area contributed by atoms with Crippen molar-refractivity contribution >= 4 is 10.2 Å². The molecule has 0 aromatic carbocycles. The van der Waals surface area contributed by atoms with E-state index < -0.39 is 10.2 Å². The molecule has 2 aliphatic heterocycles. The number of nitrogens with zero attached hydrogens (tertiary/aromatic N) is 1. The minimum Gasteiger partial charge on any atom is -0.383 e. The average molecular weight is 291 g/mol. The van der Waals surface area contributed by atoms with E-state index in [1.165, 1.54) is 0 Å². The van der Waals surface area contributed by atoms with Crippen LogP contribution in [0.25, 0.3) is 0 Å². The Balaban J connectivity index is 1.96. The summed E-state index contributed by atoms with van der Waals surface area (Å²) < 4.78 is 33.8. The molecule has 0 amide bonds. The van der Waals surface area contributed by atoms with Crippen LogP contribution in [0.15, 0.2) is 0 Å². The van der Waals surface area contributed by atoms with E-state index in [9.17, 15) is 8.42 Å². The predicted molar refractivity (Wildman–Crippen MR) is 74.1 cm³/mol. The van der Waals surface area contributed by atoms with Crippen molar-refractivity contribution in [3.8, 4) is 0 Å². The van der Waals surface area contributed by atoms with E-state index in [0.29, 0.717) is 25.6 Å². The second kappa shape index (κ2) is 6.99. The molecule has 0 aliphatic carbocycles. The molecule has 19 heavy (non-hydrogen) atoms. The van der Waals surface area contributed by atoms with Gasteiger partial charge in [-0.25, -0.2) is 0 Å². The quantitative estimate of drug-likeness (QED) is 0.672. The fourth-order valence-electron chi connectivity index (χ4n) is 3.12. The van der Waals surface area contributed by atoms with Crippen LogP contribution in [0.4, 0.5) is 0 Å². The van der Waals surface area contributed by atoms with Gasteiger partial charge >= 0.3 is 0 Å². The molecule has 7 heteroatoms. The first-order chi connectivity index (χ1) is 9.15. The van der Waals surface area contributed by atoms with Gasteiger partial charge in [0.15, 0.2) is 0 Å². The van der Waals surface area contributed by atoms with Crippen LogP contribution in [0.1, 0.15) is 25.7 Å². The monoisotopic (exact) mass is 291 g/mol. The van der Waals surface area contributed by atoms with Crippen LogP contribution in [0.5, 0.6) is 0 Å². The maximum absolute atomic E-state index is 12.3. The van der Waals surface area contributed by atoms with Crippen LogP contribution in [0, 0.1) is 5.92 Å². The Kier molecular flexibility index (Phi) is 5.58. The topological polar surface area (TPSA) is 70.7 Å². The normalized spacial score (nSPS) is 26.9. The highest BCUT2D eigenvalue weighted by Crippen LogP contribution is 2.30. The highest BCUT2D eigenvalue weighted by atomic mass is 32.2. The fraction of sp³-hybridized carbons (Fsp3) is 1.00. The Morgan fingerprint density at radius 2 is 2.05 bits per heavy atom. The van der Waals surface area contributed by atoms with Gasteiger partial charge in [-0.15, -0.1) is 0 Å². The third-order valence-corrected chi connectivity index (χ3v) is 5.72. The van der Waals surface area contributed by atoms with Gasteiger partial charge in [0.2, 0.25) is 0 Å². The van der Waals surface area contributed by atoms with E-state index in [1.807, 2.05) is 0 Å². The summed E-state index contributed by atoms with van der Waals surface area (Å²) in [5.74, 6) is 0.503. The van der Waals surface area contributed by atoms with E-state index in [1.54, 1.807) is 11.4 Å². The van der Waals surface area contributed by atoms with Crippen LogP contribution in [-0.4, -0.2) is 58.7 Å². The van der Waals surface area contributed by atoms with Gasteiger partial charge in [0.25, 0.3) is 10.2 Å². The summed E-state index contributed by atoms with van der Waals surface area (Å²) in [5, 5.41) is 3.33. The fourth-order valence-corrected chi connectivity index (χ4v) is 4.63. The minimum atomic E-state index is -3.35. The van der Waals surface area contributed by atoms with Crippen molar-refractivity contribution in [1.29, 1.82) is 0 Å². The maximum Gasteiger partial charge on any atom is 0.279 e. The molecule has 2 saturated heterocycles. The molecule has 0 aromatic rings. The van der Waals surface area contributed by atoms with Crippen molar-refractivity contribution in [3.63, 3.8) is 0 Å². The molecule has 1 unspecified atom stereocenters. The summed E-state index contributed by atoms with van der Waals surface area (Å²) in [6, 6.07) is 0.183. The van der Waals surface area contributed by atoms with Gasteiger partial charge in [0.1, 0.15) is 0 Å². The Labute approximate surface area is 116 Å². The van der Waals surface area contributed by atoms with Crippen LogP contribution in [0.2, 0.25) is 0 Å². The average Bonchev–Trinajstić information content (AvgIpc) is 2.90. The summed E-state index contributed by atoms with van der Waals surface area (Å²) in [4.78, 5) is 0. The third-order valence-electron chi connectivity index (χ3n) is 4.08. The van der Waals surface area contributed by atoms with Gasteiger partial charge < -0.3 is 10.1 Å². The minimum absolute atomic E-state index is 0.183. The van der Waals surface area contributed by atoms with Gasteiger partial charge in [0, 0.05) is 26.2 Å². The van der Waals surface area contributed by atoms with Crippen LogP contribution >= 0.6 is 0 Å². The SMILES string of the molecule is COCCNS(=O)(=O)N1CCCC1C1CCNCC1. The molecular weight excluding hydrogens is 266 g/mol. The molecule has 0 bridgehead atoms. The Bertz CT molecular complexity index is 368. The lowest BCUT2D eigenvalue weighted by molar-refractivity contribution is 0.201. The molecule has 0 spiro atoms. The molecule has 2 N–H and O–H groups in total. The molecule has 2 aliphatic rings. The summed E-state index contributed by atoms with van der Waals surface area (Å²) in [6.45, 7) is 3.41. The van der Waals surface area contributed by atoms with Crippen molar-refractivity contribution in [2.45, 2.75) is 31.7 Å². The predicted octanol–water partition coefficient (Wildman–Crippen LogP) is -0.0688. The Morgan fingerprint density at radius 3 is 2.74 bits per heavy atom. The number of piperidine rings is 1. The number of ether oxygens (including phenoxy) is 1. The van der Waals surface area contributed by atoms with Gasteiger partial charge in [-0.05, 0) is 44.7 Å². The first-order valence-electron chi connectivity index (χ1n) is 7.11. The lowest BCUT2D eigenvalue weighted by Crippen LogP contribution is -2.48. The van der Waals surface area contributed by atoms with E-state index in [-0.39, 0.29) is 6.04 Å². The summed E-state index contributed by atoms with van der Waals surface area (Å²) in [7, 11) is -1.78. The molecule has 0 radical (unpaired) electrons. The van der Waals surface area contributed by atoms with Crippen molar-refractivity contribution in [3.05, 3.63) is 0 Å². The largest absolute Gasteiger partial charge is 0.383 e. The second-order valence-corrected chi connectivity index (χ2v) is 7.01. The molecule has 0 aromatic heterocycles. The van der Waals surface area contributed by atoms with Gasteiger partial charge in [-0.1, -0.05) is 0 Å². The van der Waals surface area contributed by atoms with Crippen LogP contribution in [-0.2, 0) is 14.9 Å². The molecule has 2 heterocycles. The zero-order valence-electron chi connectivity index (χ0n) is 11.6. The Hall–Kier alpha value is -0.210. The van der Waals surface area contributed by atoms with Crippen molar-refractivity contribution < 1.29 is 13.2 Å².